The zero-order valence-electron chi connectivity index (χ0n) is 4.26. The van der Waals surface area contributed by atoms with Crippen LogP contribution in [0.25, 0.3) is 0 Å². The number of halogens is 3. The van der Waals surface area contributed by atoms with Crippen molar-refractivity contribution in [2.45, 2.75) is 6.18 Å². The number of rotatable bonds is 2. The summed E-state index contributed by atoms with van der Waals surface area (Å²) in [6.07, 6.45) is -4.10. The van der Waals surface area contributed by atoms with Gasteiger partial charge in [0, 0.05) is 0 Å². The van der Waals surface area contributed by atoms with E-state index in [0.717, 1.165) is 0 Å². The summed E-state index contributed by atoms with van der Waals surface area (Å²) in [6.45, 7) is 2.34. The van der Waals surface area contributed by atoms with Gasteiger partial charge in [0.15, 0.2) is 0 Å². The van der Waals surface area contributed by atoms with E-state index in [1.54, 1.807) is 0 Å². The molecular weight excluding hydrogens is 119 g/mol. The van der Waals surface area contributed by atoms with Crippen LogP contribution in [0.3, 0.4) is 0 Å². The molecule has 0 amide bonds. The van der Waals surface area contributed by atoms with Crippen LogP contribution in [-0.2, 0) is 0 Å². The average molecular weight is 126 g/mol. The lowest BCUT2D eigenvalue weighted by atomic mass is 10.6. The van der Waals surface area contributed by atoms with Crippen molar-refractivity contribution in [2.75, 3.05) is 13.1 Å². The van der Waals surface area contributed by atoms with Gasteiger partial charge in [0.2, 0.25) is 0 Å². The van der Waals surface area contributed by atoms with E-state index in [0.29, 0.717) is 0 Å². The maximum atomic E-state index is 11.2. The molecule has 49 valence electrons. The summed E-state index contributed by atoms with van der Waals surface area (Å²) < 4.78 is 33.5. The van der Waals surface area contributed by atoms with E-state index in [1.165, 1.54) is 0 Å². The van der Waals surface area contributed by atoms with Gasteiger partial charge in [0.05, 0.1) is 6.54 Å². The highest BCUT2D eigenvalue weighted by molar-refractivity contribution is 4.55. The van der Waals surface area contributed by atoms with Gasteiger partial charge in [-0.1, -0.05) is 0 Å². The van der Waals surface area contributed by atoms with Crippen molar-refractivity contribution in [1.82, 2.24) is 5.32 Å². The quantitative estimate of drug-likeness (QED) is 0.581. The van der Waals surface area contributed by atoms with Crippen LogP contribution in [0.5, 0.6) is 0 Å². The van der Waals surface area contributed by atoms with E-state index < -0.39 is 12.7 Å². The fraction of sp³-hybridized carbons (Fsp3) is 0.750. The maximum Gasteiger partial charge on any atom is 0.401 e. The second-order valence-corrected chi connectivity index (χ2v) is 1.29. The molecule has 0 aromatic carbocycles. The molecule has 0 aromatic rings. The highest BCUT2D eigenvalue weighted by atomic mass is 19.4. The van der Waals surface area contributed by atoms with Crippen LogP contribution < -0.4 is 5.32 Å². The lowest BCUT2D eigenvalue weighted by molar-refractivity contribution is -0.124. The molecular formula is C4H7F3N. The van der Waals surface area contributed by atoms with Gasteiger partial charge in [-0.15, -0.1) is 0 Å². The van der Waals surface area contributed by atoms with Gasteiger partial charge in [-0.25, -0.2) is 0 Å². The van der Waals surface area contributed by atoms with Gasteiger partial charge >= 0.3 is 6.18 Å². The van der Waals surface area contributed by atoms with E-state index in [4.69, 9.17) is 0 Å². The molecule has 0 saturated heterocycles. The van der Waals surface area contributed by atoms with Gasteiger partial charge in [0.1, 0.15) is 0 Å². The molecule has 0 aliphatic heterocycles. The molecule has 0 aliphatic rings. The van der Waals surface area contributed by atoms with Crippen LogP contribution in [0.15, 0.2) is 0 Å². The molecule has 8 heavy (non-hydrogen) atoms. The van der Waals surface area contributed by atoms with Gasteiger partial charge in [-0.3, -0.25) is 0 Å². The van der Waals surface area contributed by atoms with Crippen molar-refractivity contribution in [1.29, 1.82) is 0 Å². The van der Waals surface area contributed by atoms with E-state index >= 15 is 0 Å². The van der Waals surface area contributed by atoms with Crippen LogP contribution in [0.2, 0.25) is 0 Å². The number of hydrogen-bond donors (Lipinski definition) is 1. The zero-order chi connectivity index (χ0) is 6.62. The second-order valence-electron chi connectivity index (χ2n) is 1.29. The lowest BCUT2D eigenvalue weighted by Crippen LogP contribution is -2.28. The minimum Gasteiger partial charge on any atom is -0.309 e. The third kappa shape index (κ3) is 5.75. The smallest absolute Gasteiger partial charge is 0.309 e. The Labute approximate surface area is 45.9 Å². The highest BCUT2D eigenvalue weighted by Crippen LogP contribution is 2.11. The molecule has 1 radical (unpaired) electrons. The van der Waals surface area contributed by atoms with Crippen molar-refractivity contribution in [3.05, 3.63) is 6.92 Å². The van der Waals surface area contributed by atoms with Crippen LogP contribution >= 0.6 is 0 Å². The Hall–Kier alpha value is -0.250. The largest absolute Gasteiger partial charge is 0.401 e. The van der Waals surface area contributed by atoms with E-state index in [1.807, 2.05) is 0 Å². The fourth-order valence-electron chi connectivity index (χ4n) is 0.230. The highest BCUT2D eigenvalue weighted by Gasteiger charge is 2.25. The van der Waals surface area contributed by atoms with Crippen molar-refractivity contribution in [2.24, 2.45) is 0 Å². The Bertz CT molecular complexity index is 58.8. The van der Waals surface area contributed by atoms with Crippen molar-refractivity contribution in [3.8, 4) is 0 Å². The van der Waals surface area contributed by atoms with E-state index in [-0.39, 0.29) is 6.54 Å². The lowest BCUT2D eigenvalue weighted by Gasteiger charge is -2.04. The number of nitrogens with one attached hydrogen (secondary N) is 1. The predicted molar refractivity (Wildman–Crippen MR) is 24.3 cm³/mol. The van der Waals surface area contributed by atoms with Gasteiger partial charge in [-0.05, 0) is 13.5 Å². The minimum absolute atomic E-state index is 0.111. The third-order valence-corrected chi connectivity index (χ3v) is 0.502. The Kier molecular flexibility index (Phi) is 2.82. The van der Waals surface area contributed by atoms with E-state index in [2.05, 4.69) is 12.2 Å². The maximum absolute atomic E-state index is 11.2. The molecule has 0 unspecified atom stereocenters. The fourth-order valence-corrected chi connectivity index (χ4v) is 0.230. The molecule has 0 spiro atoms. The monoisotopic (exact) mass is 126 g/mol. The molecule has 1 N–H and O–H groups in total. The molecule has 0 saturated carbocycles. The number of alkyl halides is 3. The summed E-state index contributed by atoms with van der Waals surface area (Å²) in [5.74, 6) is 0. The summed E-state index contributed by atoms with van der Waals surface area (Å²) in [7, 11) is 0. The Morgan fingerprint density at radius 2 is 1.88 bits per heavy atom. The molecule has 0 bridgehead atoms. The topological polar surface area (TPSA) is 12.0 Å². The molecule has 0 heterocycles. The van der Waals surface area contributed by atoms with Gasteiger partial charge in [-0.2, -0.15) is 13.2 Å². The van der Waals surface area contributed by atoms with Crippen LogP contribution in [0, 0.1) is 6.92 Å². The first-order chi connectivity index (χ1) is 3.56. The summed E-state index contributed by atoms with van der Waals surface area (Å²) in [4.78, 5) is 0. The average Bonchev–Trinajstić information content (AvgIpc) is 1.59. The SMILES string of the molecule is [CH2]CNCC(F)(F)F. The Balaban J connectivity index is 3.11. The molecule has 0 atom stereocenters. The Morgan fingerprint density at radius 1 is 1.38 bits per heavy atom. The van der Waals surface area contributed by atoms with Gasteiger partial charge in [0.25, 0.3) is 0 Å². The first-order valence-corrected chi connectivity index (χ1v) is 2.13. The van der Waals surface area contributed by atoms with Crippen molar-refractivity contribution in [3.63, 3.8) is 0 Å². The summed E-state index contributed by atoms with van der Waals surface area (Å²) >= 11 is 0. The Morgan fingerprint density at radius 3 is 2.00 bits per heavy atom. The van der Waals surface area contributed by atoms with Crippen LogP contribution in [0.4, 0.5) is 13.2 Å². The zero-order valence-corrected chi connectivity index (χ0v) is 4.26. The molecule has 0 rings (SSSR count). The van der Waals surface area contributed by atoms with E-state index in [9.17, 15) is 13.2 Å². The molecule has 0 fully saturated rings. The number of hydrogen-bond acceptors (Lipinski definition) is 1. The first-order valence-electron chi connectivity index (χ1n) is 2.13. The second kappa shape index (κ2) is 2.91. The third-order valence-electron chi connectivity index (χ3n) is 0.502. The van der Waals surface area contributed by atoms with Gasteiger partial charge < -0.3 is 5.32 Å². The summed E-state index contributed by atoms with van der Waals surface area (Å²) in [6, 6.07) is 0. The van der Waals surface area contributed by atoms with Crippen LogP contribution in [-0.4, -0.2) is 19.3 Å². The first kappa shape index (κ1) is 7.75. The molecule has 4 heteroatoms. The standard InChI is InChI=1S/C4H7F3N/c1-2-8-3-4(5,6)7/h8H,1-3H2. The summed E-state index contributed by atoms with van der Waals surface area (Å²) in [5.41, 5.74) is 0. The predicted octanol–water partition coefficient (Wildman–Crippen LogP) is 0.972. The molecule has 0 aromatic heterocycles. The van der Waals surface area contributed by atoms with Crippen LogP contribution in [0.1, 0.15) is 0 Å². The molecule has 0 aliphatic carbocycles. The van der Waals surface area contributed by atoms with Crippen molar-refractivity contribution < 1.29 is 13.2 Å². The summed E-state index contributed by atoms with van der Waals surface area (Å²) in [5, 5.41) is 2.05. The molecule has 1 nitrogen and oxygen atoms in total. The minimum atomic E-state index is -4.10. The van der Waals surface area contributed by atoms with Crippen molar-refractivity contribution >= 4 is 0 Å². The normalized spacial score (nSPS) is 12.0.